The molecule has 0 unspecified atom stereocenters. The van der Waals surface area contributed by atoms with Crippen LogP contribution in [0.3, 0.4) is 0 Å². The Hall–Kier alpha value is -6.19. The Labute approximate surface area is 351 Å². The topological polar surface area (TPSA) is 194 Å². The average Bonchev–Trinajstić information content (AvgIpc) is 4.03. The number of carbonyl (C=O) groups is 4. The largest absolute Gasteiger partial charge is 0.444 e. The first-order valence-corrected chi connectivity index (χ1v) is 20.3. The average molecular weight is 823 g/mol. The first-order chi connectivity index (χ1) is 28.5. The molecule has 320 valence electrons. The Kier molecular flexibility index (Phi) is 15.1. The van der Waals surface area contributed by atoms with Crippen molar-refractivity contribution in [3.8, 4) is 0 Å². The molecule has 2 aliphatic heterocycles. The number of ketones is 1. The maximum absolute atomic E-state index is 12.3. The van der Waals surface area contributed by atoms with Crippen molar-refractivity contribution >= 4 is 41.1 Å². The number of ether oxygens (including phenoxy) is 2. The highest BCUT2D eigenvalue weighted by Gasteiger charge is 2.32. The molecular weight excluding hydrogens is 765 g/mol. The molecule has 0 aromatic carbocycles. The van der Waals surface area contributed by atoms with Gasteiger partial charge in [-0.3, -0.25) is 14.2 Å². The SMILES string of the molecule is CC(=O)CCc1cnn([C@@H]2CCN(C(=O)OC(C)(C)C)C2)c1.CC(C)(C)OC(=O)N1CC[C@@H](n2cc(CCc3ccc4cccnc4n3)cn2)C1.Nc1ncccc1C=O. The Bertz CT molecular complexity index is 2220. The molecule has 5 aromatic heterocycles. The minimum atomic E-state index is -0.472. The van der Waals surface area contributed by atoms with Gasteiger partial charge in [0.05, 0.1) is 30.0 Å². The number of hydrogen-bond donors (Lipinski definition) is 1. The lowest BCUT2D eigenvalue weighted by Crippen LogP contribution is -2.35. The predicted octanol–water partition coefficient (Wildman–Crippen LogP) is 6.86. The first kappa shape index (κ1) is 44.9. The van der Waals surface area contributed by atoms with Gasteiger partial charge in [-0.1, -0.05) is 0 Å². The number of rotatable bonds is 9. The monoisotopic (exact) mass is 822 g/mol. The van der Waals surface area contributed by atoms with Crippen LogP contribution in [0.4, 0.5) is 15.4 Å². The van der Waals surface area contributed by atoms with Crippen molar-refractivity contribution in [3.05, 3.63) is 96.0 Å². The molecule has 2 atom stereocenters. The molecule has 0 saturated carbocycles. The second kappa shape index (κ2) is 20.2. The van der Waals surface area contributed by atoms with Gasteiger partial charge in [0, 0.05) is 68.5 Å². The highest BCUT2D eigenvalue weighted by atomic mass is 16.6. The Morgan fingerprint density at radius 3 is 1.83 bits per heavy atom. The van der Waals surface area contributed by atoms with Gasteiger partial charge in [0.15, 0.2) is 11.9 Å². The summed E-state index contributed by atoms with van der Waals surface area (Å²) in [5.41, 5.74) is 8.83. The maximum Gasteiger partial charge on any atom is 0.410 e. The molecule has 0 radical (unpaired) electrons. The van der Waals surface area contributed by atoms with E-state index in [4.69, 9.17) is 15.2 Å². The third kappa shape index (κ3) is 13.7. The van der Waals surface area contributed by atoms with E-state index < -0.39 is 11.2 Å². The number of Topliss-reactive ketones (excluding diaryl/α,β-unsaturated/α-hetero) is 1. The molecule has 2 fully saturated rings. The fraction of sp³-hybridized carbons (Fsp3) is 0.477. The lowest BCUT2D eigenvalue weighted by atomic mass is 10.1. The van der Waals surface area contributed by atoms with E-state index in [1.807, 2.05) is 75.4 Å². The number of pyridine rings is 3. The van der Waals surface area contributed by atoms with Crippen LogP contribution >= 0.6 is 0 Å². The van der Waals surface area contributed by atoms with Gasteiger partial charge in [0.1, 0.15) is 22.8 Å². The number of carbonyl (C=O) groups excluding carboxylic acids is 4. The molecule has 7 rings (SSSR count). The molecule has 0 spiro atoms. The summed E-state index contributed by atoms with van der Waals surface area (Å²) in [6.45, 7) is 15.5. The molecule has 5 aromatic rings. The third-order valence-electron chi connectivity index (χ3n) is 9.64. The Balaban J connectivity index is 0.000000193. The molecule has 2 N–H and O–H groups in total. The smallest absolute Gasteiger partial charge is 0.410 e. The Morgan fingerprint density at radius 1 is 0.767 bits per heavy atom. The van der Waals surface area contributed by atoms with E-state index in [2.05, 4.69) is 43.5 Å². The van der Waals surface area contributed by atoms with Crippen LogP contribution < -0.4 is 5.73 Å². The van der Waals surface area contributed by atoms with Crippen molar-refractivity contribution in [2.45, 2.75) is 110 Å². The summed E-state index contributed by atoms with van der Waals surface area (Å²) in [5.74, 6) is 0.470. The fourth-order valence-electron chi connectivity index (χ4n) is 6.57. The van der Waals surface area contributed by atoms with Crippen LogP contribution in [0.1, 0.15) is 107 Å². The minimum absolute atomic E-state index is 0.179. The zero-order valence-electron chi connectivity index (χ0n) is 35.8. The number of aldehydes is 1. The normalized spacial score (nSPS) is 16.4. The third-order valence-corrected chi connectivity index (χ3v) is 9.64. The van der Waals surface area contributed by atoms with Crippen molar-refractivity contribution in [3.63, 3.8) is 0 Å². The van der Waals surface area contributed by atoms with Crippen LogP contribution in [0.15, 0.2) is 73.6 Å². The molecule has 16 heteroatoms. The lowest BCUT2D eigenvalue weighted by Gasteiger charge is -2.24. The van der Waals surface area contributed by atoms with Gasteiger partial charge < -0.3 is 29.8 Å². The number of aryl methyl sites for hydroxylation is 3. The number of nitrogens with two attached hydrogens (primary N) is 1. The van der Waals surface area contributed by atoms with Crippen LogP contribution in [0.2, 0.25) is 0 Å². The molecule has 0 aliphatic carbocycles. The van der Waals surface area contributed by atoms with Crippen LogP contribution in [0.25, 0.3) is 11.0 Å². The first-order valence-electron chi connectivity index (χ1n) is 20.3. The van der Waals surface area contributed by atoms with Gasteiger partial charge in [-0.2, -0.15) is 10.2 Å². The molecule has 7 heterocycles. The lowest BCUT2D eigenvalue weighted by molar-refractivity contribution is -0.117. The van der Waals surface area contributed by atoms with Gasteiger partial charge in [-0.15, -0.1) is 0 Å². The minimum Gasteiger partial charge on any atom is -0.444 e. The van der Waals surface area contributed by atoms with E-state index in [9.17, 15) is 19.2 Å². The summed E-state index contributed by atoms with van der Waals surface area (Å²) in [6, 6.07) is 11.7. The van der Waals surface area contributed by atoms with Crippen LogP contribution in [-0.4, -0.2) is 106 Å². The second-order valence-electron chi connectivity index (χ2n) is 17.0. The molecular formula is C44H58N10O6. The Morgan fingerprint density at radius 2 is 1.32 bits per heavy atom. The number of hydrogen-bond acceptors (Lipinski definition) is 12. The highest BCUT2D eigenvalue weighted by molar-refractivity contribution is 5.81. The number of anilines is 1. The number of likely N-dealkylation sites (tertiary alicyclic amines) is 2. The summed E-state index contributed by atoms with van der Waals surface area (Å²) in [7, 11) is 0. The van der Waals surface area contributed by atoms with Crippen molar-refractivity contribution in [2.24, 2.45) is 0 Å². The summed E-state index contributed by atoms with van der Waals surface area (Å²) >= 11 is 0. The molecule has 2 aliphatic rings. The van der Waals surface area contributed by atoms with Gasteiger partial charge in [0.2, 0.25) is 0 Å². The molecule has 2 saturated heterocycles. The number of amides is 2. The summed E-state index contributed by atoms with van der Waals surface area (Å²) < 4.78 is 14.8. The quantitative estimate of drug-likeness (QED) is 0.152. The number of aromatic nitrogens is 7. The van der Waals surface area contributed by atoms with Crippen molar-refractivity contribution in [1.82, 2.24) is 44.3 Å². The second-order valence-corrected chi connectivity index (χ2v) is 17.0. The van der Waals surface area contributed by atoms with E-state index in [1.165, 1.54) is 5.56 Å². The molecule has 60 heavy (non-hydrogen) atoms. The van der Waals surface area contributed by atoms with Crippen LogP contribution in [0, 0.1) is 0 Å². The van der Waals surface area contributed by atoms with E-state index in [1.54, 1.807) is 47.4 Å². The fourth-order valence-corrected chi connectivity index (χ4v) is 6.57. The molecule has 2 amide bonds. The van der Waals surface area contributed by atoms with Gasteiger partial charge >= 0.3 is 12.2 Å². The summed E-state index contributed by atoms with van der Waals surface area (Å²) in [6.07, 6.45) is 16.0. The maximum atomic E-state index is 12.3. The molecule has 0 bridgehead atoms. The van der Waals surface area contributed by atoms with Crippen molar-refractivity contribution in [2.75, 3.05) is 31.9 Å². The van der Waals surface area contributed by atoms with E-state index in [0.29, 0.717) is 44.4 Å². The van der Waals surface area contributed by atoms with E-state index in [0.717, 1.165) is 54.4 Å². The molecule has 16 nitrogen and oxygen atoms in total. The van der Waals surface area contributed by atoms with Gasteiger partial charge in [-0.25, -0.2) is 24.5 Å². The van der Waals surface area contributed by atoms with E-state index in [-0.39, 0.29) is 35.9 Å². The van der Waals surface area contributed by atoms with Crippen LogP contribution in [0.5, 0.6) is 0 Å². The van der Waals surface area contributed by atoms with Gasteiger partial charge in [-0.05, 0) is 128 Å². The number of fused-ring (bicyclic) bond motifs is 1. The zero-order valence-corrected chi connectivity index (χ0v) is 35.8. The highest BCUT2D eigenvalue weighted by Crippen LogP contribution is 2.25. The standard InChI is InChI=1S/C22H27N5O2.C16H25N3O3.C6H6N2O/c1-22(2,3)29-21(28)26-12-10-19(15-26)27-14-16(13-24-27)6-8-18-9-7-17-5-4-11-23-20(17)25-18;1-12(20)5-6-13-9-17-19(10-13)14-7-8-18(11-14)15(21)22-16(2,3)4;7-6-5(4-9)2-1-3-8-6/h4-5,7,9,11,13-14,19H,6,8,10,12,15H2,1-3H3;9-10,14H,5-8,11H2,1-4H3;1-4H,(H2,7,8)/t19-;14-;/m11./s1. The number of nitrogen functional groups attached to an aromatic ring is 1. The summed E-state index contributed by atoms with van der Waals surface area (Å²) in [5, 5.41) is 9.96. The van der Waals surface area contributed by atoms with Gasteiger partial charge in [0.25, 0.3) is 0 Å². The van der Waals surface area contributed by atoms with Crippen molar-refractivity contribution < 1.29 is 28.7 Å². The number of nitrogens with zero attached hydrogens (tertiary/aromatic N) is 9. The zero-order chi connectivity index (χ0) is 43.5. The van der Waals surface area contributed by atoms with Crippen molar-refractivity contribution in [1.29, 1.82) is 0 Å². The van der Waals surface area contributed by atoms with E-state index >= 15 is 0 Å². The predicted molar refractivity (Wildman–Crippen MR) is 227 cm³/mol. The van der Waals surface area contributed by atoms with Crippen LogP contribution in [-0.2, 0) is 33.5 Å². The summed E-state index contributed by atoms with van der Waals surface area (Å²) in [4.78, 5) is 61.6.